The maximum absolute atomic E-state index is 11.3. The molecule has 0 aliphatic heterocycles. The third-order valence-corrected chi connectivity index (χ3v) is 4.48. The average molecular weight is 365 g/mol. The molecule has 7 nitrogen and oxygen atoms in total. The van der Waals surface area contributed by atoms with E-state index >= 15 is 0 Å². The van der Waals surface area contributed by atoms with Crippen LogP contribution < -0.4 is 5.32 Å². The molecule has 0 unspecified atom stereocenters. The van der Waals surface area contributed by atoms with E-state index in [1.165, 1.54) is 12.1 Å². The molecule has 22 heavy (non-hydrogen) atoms. The van der Waals surface area contributed by atoms with Crippen LogP contribution in [0.4, 0.5) is 5.69 Å². The second kappa shape index (κ2) is 7.93. The number of benzene rings is 2. The van der Waals surface area contributed by atoms with Crippen LogP contribution in [0.25, 0.3) is 10.8 Å². The monoisotopic (exact) mass is 365 g/mol. The Labute approximate surface area is 172 Å². The molecule has 11 heteroatoms. The molecule has 2 rings (SSSR count). The first-order chi connectivity index (χ1) is 9.13. The molecular formula is C11H13NNa2O6S2. The molecule has 0 amide bonds. The summed E-state index contributed by atoms with van der Waals surface area (Å²) < 4.78 is 63.3. The van der Waals surface area contributed by atoms with E-state index in [0.29, 0.717) is 11.8 Å². The van der Waals surface area contributed by atoms with Crippen molar-refractivity contribution in [2.24, 2.45) is 0 Å². The average Bonchev–Trinajstić information content (AvgIpc) is 2.34. The quantitative estimate of drug-likeness (QED) is 0.520. The molecule has 2 aromatic rings. The van der Waals surface area contributed by atoms with Crippen LogP contribution in [0.3, 0.4) is 0 Å². The molecule has 0 radical (unpaired) electrons. The number of hydrogen-bond acceptors (Lipinski definition) is 5. The Morgan fingerprint density at radius 3 is 1.95 bits per heavy atom. The van der Waals surface area contributed by atoms with Gasteiger partial charge in [0.25, 0.3) is 20.2 Å². The van der Waals surface area contributed by atoms with Gasteiger partial charge in [-0.15, -0.1) is 0 Å². The van der Waals surface area contributed by atoms with E-state index in [4.69, 9.17) is 4.55 Å². The Kier molecular flexibility index (Phi) is 8.04. The van der Waals surface area contributed by atoms with Crippen molar-refractivity contribution in [3.63, 3.8) is 0 Å². The zero-order valence-electron chi connectivity index (χ0n) is 10.2. The number of nitrogens with one attached hydrogen (secondary N) is 1. The van der Waals surface area contributed by atoms with Crippen molar-refractivity contribution >= 4 is 95.8 Å². The van der Waals surface area contributed by atoms with E-state index < -0.39 is 30.0 Å². The molecule has 0 atom stereocenters. The van der Waals surface area contributed by atoms with Crippen LogP contribution in [0, 0.1) is 0 Å². The molecule has 112 valence electrons. The van der Waals surface area contributed by atoms with Gasteiger partial charge < -0.3 is 5.32 Å². The van der Waals surface area contributed by atoms with Crippen molar-refractivity contribution < 1.29 is 25.9 Å². The van der Waals surface area contributed by atoms with Crippen LogP contribution in [0.15, 0.2) is 40.1 Å². The fourth-order valence-corrected chi connectivity index (χ4v) is 3.18. The van der Waals surface area contributed by atoms with E-state index in [9.17, 15) is 21.4 Å². The fraction of sp³-hybridized carbons (Fsp3) is 0.0909. The molecule has 0 heterocycles. The first-order valence-corrected chi connectivity index (χ1v) is 8.21. The van der Waals surface area contributed by atoms with Crippen LogP contribution >= 0.6 is 0 Å². The number of fused-ring (bicyclic) bond motifs is 1. The van der Waals surface area contributed by atoms with E-state index in [2.05, 4.69) is 5.32 Å². The summed E-state index contributed by atoms with van der Waals surface area (Å²) in [5.74, 6) is 0. The van der Waals surface area contributed by atoms with Gasteiger partial charge in [0.1, 0.15) is 4.90 Å². The van der Waals surface area contributed by atoms with Gasteiger partial charge >= 0.3 is 59.1 Å². The molecule has 0 saturated heterocycles. The van der Waals surface area contributed by atoms with Crippen molar-refractivity contribution in [2.75, 3.05) is 12.4 Å². The van der Waals surface area contributed by atoms with E-state index in [1.807, 2.05) is 0 Å². The van der Waals surface area contributed by atoms with Crippen LogP contribution in [-0.4, -0.2) is 92.1 Å². The van der Waals surface area contributed by atoms with Crippen LogP contribution in [0.5, 0.6) is 0 Å². The zero-order valence-corrected chi connectivity index (χ0v) is 11.9. The number of anilines is 1. The van der Waals surface area contributed by atoms with Gasteiger partial charge in [0.15, 0.2) is 0 Å². The molecule has 0 aromatic heterocycles. The summed E-state index contributed by atoms with van der Waals surface area (Å²) in [4.78, 5) is -1.18. The summed E-state index contributed by atoms with van der Waals surface area (Å²) in [5.41, 5.74) is 0.617. The molecule has 0 bridgehead atoms. The van der Waals surface area contributed by atoms with Crippen LogP contribution in [0.2, 0.25) is 0 Å². The molecule has 0 saturated carbocycles. The van der Waals surface area contributed by atoms with Gasteiger partial charge in [-0.25, -0.2) is 0 Å². The van der Waals surface area contributed by atoms with E-state index in [-0.39, 0.29) is 69.9 Å². The van der Waals surface area contributed by atoms with Gasteiger partial charge in [0.2, 0.25) is 0 Å². The van der Waals surface area contributed by atoms with Crippen molar-refractivity contribution in [3.05, 3.63) is 30.3 Å². The Morgan fingerprint density at radius 2 is 1.50 bits per heavy atom. The summed E-state index contributed by atoms with van der Waals surface area (Å²) in [6.07, 6.45) is 0. The molecule has 3 N–H and O–H groups in total. The molecule has 2 aromatic carbocycles. The third-order valence-electron chi connectivity index (χ3n) is 2.75. The standard InChI is InChI=1S/C11H11NO6S2.2Na.2H/c1-12-8-2-3-10-7(4-8)5-9(19(13,14)15)6-11(10)20(16,17)18;;;;/h2-6,12H,1H3,(H,13,14,15)(H,16,17,18);;;;. The predicted molar refractivity (Wildman–Crippen MR) is 87.4 cm³/mol. The van der Waals surface area contributed by atoms with Crippen LogP contribution in [0.1, 0.15) is 0 Å². The molecule has 0 aliphatic carbocycles. The Morgan fingerprint density at radius 1 is 0.909 bits per heavy atom. The van der Waals surface area contributed by atoms with Gasteiger partial charge in [-0.2, -0.15) is 16.8 Å². The Hall–Kier alpha value is 0.320. The van der Waals surface area contributed by atoms with Gasteiger partial charge in [-0.05, 0) is 29.7 Å². The topological polar surface area (TPSA) is 121 Å². The zero-order chi connectivity index (χ0) is 15.1. The Balaban J connectivity index is 0.00000220. The minimum atomic E-state index is -4.63. The molecule has 0 spiro atoms. The first kappa shape index (κ1) is 22.3. The van der Waals surface area contributed by atoms with Gasteiger partial charge in [-0.3, -0.25) is 9.11 Å². The molecule has 0 fully saturated rings. The second-order valence-electron chi connectivity index (χ2n) is 4.06. The summed E-state index contributed by atoms with van der Waals surface area (Å²) in [7, 11) is -7.58. The maximum atomic E-state index is 11.3. The van der Waals surface area contributed by atoms with E-state index in [0.717, 1.165) is 6.07 Å². The summed E-state index contributed by atoms with van der Waals surface area (Å²) in [5, 5.41) is 3.21. The predicted octanol–water partition coefficient (Wildman–Crippen LogP) is 0.0779. The third kappa shape index (κ3) is 4.91. The number of hydrogen-bond donors (Lipinski definition) is 3. The van der Waals surface area contributed by atoms with Crippen molar-refractivity contribution in [1.82, 2.24) is 0 Å². The summed E-state index contributed by atoms with van der Waals surface area (Å²) in [6.45, 7) is 0. The van der Waals surface area contributed by atoms with Gasteiger partial charge in [-0.1, -0.05) is 6.07 Å². The van der Waals surface area contributed by atoms with Crippen molar-refractivity contribution in [1.29, 1.82) is 0 Å². The summed E-state index contributed by atoms with van der Waals surface area (Å²) >= 11 is 0. The van der Waals surface area contributed by atoms with Gasteiger partial charge in [0.05, 0.1) is 4.90 Å². The Bertz CT molecular complexity index is 896. The van der Waals surface area contributed by atoms with Crippen molar-refractivity contribution in [3.8, 4) is 0 Å². The summed E-state index contributed by atoms with van der Waals surface area (Å²) in [6, 6.07) is 6.34. The van der Waals surface area contributed by atoms with E-state index in [1.54, 1.807) is 13.1 Å². The van der Waals surface area contributed by atoms with Crippen LogP contribution in [-0.2, 0) is 20.2 Å². The second-order valence-corrected chi connectivity index (χ2v) is 6.87. The van der Waals surface area contributed by atoms with Crippen molar-refractivity contribution in [2.45, 2.75) is 9.79 Å². The number of rotatable bonds is 3. The fourth-order valence-electron chi connectivity index (χ4n) is 1.83. The molecule has 0 aliphatic rings. The normalized spacial score (nSPS) is 11.4. The molecular weight excluding hydrogens is 352 g/mol. The van der Waals surface area contributed by atoms with Gasteiger partial charge in [0, 0.05) is 18.1 Å². The SMILES string of the molecule is CNc1ccc2c(S(=O)(=O)O)cc(S(=O)(=O)O)cc2c1.[NaH].[NaH]. The minimum absolute atomic E-state index is 0. The first-order valence-electron chi connectivity index (χ1n) is 5.33.